The van der Waals surface area contributed by atoms with Gasteiger partial charge in [-0.15, -0.1) is 0 Å². The maximum atomic E-state index is 12.2. The molecule has 0 radical (unpaired) electrons. The maximum absolute atomic E-state index is 12.2. The molecular weight excluding hydrogens is 310 g/mol. The Labute approximate surface area is 133 Å². The van der Waals surface area contributed by atoms with Crippen LogP contribution in [-0.2, 0) is 38.1 Å². The quantitative estimate of drug-likeness (QED) is 0.501. The van der Waals surface area contributed by atoms with Crippen LogP contribution >= 0.6 is 0 Å². The SMILES string of the molecule is CCOC(=O)[C@@H]1N[C@](C)(C(=O)OC)[C@@H](C(=O)OC)[C@@H]1C(=O)OC. The third-order valence-corrected chi connectivity index (χ3v) is 3.87. The molecule has 0 amide bonds. The summed E-state index contributed by atoms with van der Waals surface area (Å²) in [7, 11) is 3.37. The standard InChI is InChI=1S/C14H21NO8/c1-6-23-12(18)9-7(10(16)20-3)8(11(17)21-4)14(2,15-9)13(19)22-5/h7-9,15H,6H2,1-5H3/t7-,8+,9+,14-/m0/s1. The zero-order valence-corrected chi connectivity index (χ0v) is 13.7. The Bertz CT molecular complexity index is 505. The second-order valence-electron chi connectivity index (χ2n) is 5.12. The molecule has 1 aliphatic heterocycles. The van der Waals surface area contributed by atoms with Crippen LogP contribution in [0.5, 0.6) is 0 Å². The Kier molecular flexibility index (Phi) is 6.08. The summed E-state index contributed by atoms with van der Waals surface area (Å²) < 4.78 is 19.0. The molecular formula is C14H21NO8. The van der Waals surface area contributed by atoms with Gasteiger partial charge < -0.3 is 18.9 Å². The summed E-state index contributed by atoms with van der Waals surface area (Å²) >= 11 is 0. The largest absolute Gasteiger partial charge is 0.469 e. The van der Waals surface area contributed by atoms with Crippen LogP contribution in [0.2, 0.25) is 0 Å². The zero-order chi connectivity index (χ0) is 17.8. The van der Waals surface area contributed by atoms with Crippen molar-refractivity contribution in [2.45, 2.75) is 25.4 Å². The predicted molar refractivity (Wildman–Crippen MR) is 75.0 cm³/mol. The minimum Gasteiger partial charge on any atom is -0.469 e. The van der Waals surface area contributed by atoms with Crippen molar-refractivity contribution in [3.8, 4) is 0 Å². The number of methoxy groups -OCH3 is 3. The van der Waals surface area contributed by atoms with E-state index in [0.717, 1.165) is 21.3 Å². The van der Waals surface area contributed by atoms with Gasteiger partial charge in [0.25, 0.3) is 0 Å². The van der Waals surface area contributed by atoms with Gasteiger partial charge >= 0.3 is 23.9 Å². The third-order valence-electron chi connectivity index (χ3n) is 3.87. The number of ether oxygens (including phenoxy) is 4. The highest BCUT2D eigenvalue weighted by Crippen LogP contribution is 2.38. The van der Waals surface area contributed by atoms with Gasteiger partial charge in [-0.3, -0.25) is 24.5 Å². The molecule has 9 nitrogen and oxygen atoms in total. The number of hydrogen-bond donors (Lipinski definition) is 1. The van der Waals surface area contributed by atoms with E-state index in [0.29, 0.717) is 0 Å². The Hall–Kier alpha value is -2.16. The highest BCUT2D eigenvalue weighted by atomic mass is 16.5. The monoisotopic (exact) mass is 331 g/mol. The van der Waals surface area contributed by atoms with Crippen LogP contribution in [0.4, 0.5) is 0 Å². The van der Waals surface area contributed by atoms with E-state index < -0.39 is 47.3 Å². The molecule has 1 heterocycles. The molecule has 1 fully saturated rings. The zero-order valence-electron chi connectivity index (χ0n) is 13.7. The first kappa shape index (κ1) is 18.9. The van der Waals surface area contributed by atoms with Crippen LogP contribution in [0.1, 0.15) is 13.8 Å². The molecule has 130 valence electrons. The van der Waals surface area contributed by atoms with Crippen LogP contribution in [-0.4, -0.2) is 63.4 Å². The summed E-state index contributed by atoms with van der Waals surface area (Å²) in [5, 5.41) is 2.68. The fourth-order valence-corrected chi connectivity index (χ4v) is 2.81. The molecule has 9 heteroatoms. The van der Waals surface area contributed by atoms with Crippen molar-refractivity contribution in [2.75, 3.05) is 27.9 Å². The molecule has 0 aromatic heterocycles. The molecule has 0 unspecified atom stereocenters. The predicted octanol–water partition coefficient (Wildman–Crippen LogP) is -0.969. The first-order valence-electron chi connectivity index (χ1n) is 6.96. The van der Waals surface area contributed by atoms with E-state index >= 15 is 0 Å². The summed E-state index contributed by atoms with van der Waals surface area (Å²) in [6.07, 6.45) is 0. The topological polar surface area (TPSA) is 117 Å². The van der Waals surface area contributed by atoms with Gasteiger partial charge in [0.1, 0.15) is 17.5 Å². The van der Waals surface area contributed by atoms with Gasteiger partial charge in [0.2, 0.25) is 0 Å². The van der Waals surface area contributed by atoms with E-state index in [-0.39, 0.29) is 6.61 Å². The molecule has 1 rings (SSSR count). The van der Waals surface area contributed by atoms with Gasteiger partial charge in [-0.25, -0.2) is 0 Å². The van der Waals surface area contributed by atoms with Gasteiger partial charge in [0.15, 0.2) is 0 Å². The van der Waals surface area contributed by atoms with Crippen molar-refractivity contribution in [1.29, 1.82) is 0 Å². The molecule has 0 aromatic rings. The average Bonchev–Trinajstić information content (AvgIpc) is 2.87. The second kappa shape index (κ2) is 7.40. The lowest BCUT2D eigenvalue weighted by molar-refractivity contribution is -0.164. The van der Waals surface area contributed by atoms with Crippen molar-refractivity contribution < 1.29 is 38.1 Å². The number of carbonyl (C=O) groups is 4. The highest BCUT2D eigenvalue weighted by Gasteiger charge is 2.64. The van der Waals surface area contributed by atoms with Crippen molar-refractivity contribution in [1.82, 2.24) is 5.32 Å². The first-order valence-corrected chi connectivity index (χ1v) is 6.96. The lowest BCUT2D eigenvalue weighted by Gasteiger charge is -2.27. The number of rotatable bonds is 5. The lowest BCUT2D eigenvalue weighted by atomic mass is 9.79. The molecule has 23 heavy (non-hydrogen) atoms. The smallest absolute Gasteiger partial charge is 0.326 e. The number of hydrogen-bond acceptors (Lipinski definition) is 9. The Morgan fingerprint density at radius 3 is 1.96 bits per heavy atom. The minimum atomic E-state index is -1.64. The molecule has 0 aromatic carbocycles. The van der Waals surface area contributed by atoms with Crippen LogP contribution in [0.15, 0.2) is 0 Å². The summed E-state index contributed by atoms with van der Waals surface area (Å²) in [4.78, 5) is 48.6. The Balaban J connectivity index is 3.40. The van der Waals surface area contributed by atoms with Gasteiger partial charge in [0, 0.05) is 0 Å². The molecule has 1 aliphatic rings. The molecule has 0 bridgehead atoms. The fraction of sp³-hybridized carbons (Fsp3) is 0.714. The summed E-state index contributed by atoms with van der Waals surface area (Å²) in [5.41, 5.74) is -1.64. The summed E-state index contributed by atoms with van der Waals surface area (Å²) in [6.45, 7) is 3.02. The van der Waals surface area contributed by atoms with E-state index in [1.807, 2.05) is 0 Å². The Morgan fingerprint density at radius 2 is 1.52 bits per heavy atom. The van der Waals surface area contributed by atoms with Crippen molar-refractivity contribution in [3.05, 3.63) is 0 Å². The van der Waals surface area contributed by atoms with E-state index in [1.54, 1.807) is 6.92 Å². The van der Waals surface area contributed by atoms with Crippen LogP contribution < -0.4 is 5.32 Å². The maximum Gasteiger partial charge on any atom is 0.326 e. The number of nitrogens with one attached hydrogen (secondary N) is 1. The van der Waals surface area contributed by atoms with E-state index in [2.05, 4.69) is 10.1 Å². The molecule has 1 N–H and O–H groups in total. The van der Waals surface area contributed by atoms with E-state index in [9.17, 15) is 19.2 Å². The van der Waals surface area contributed by atoms with Gasteiger partial charge in [-0.1, -0.05) is 0 Å². The van der Waals surface area contributed by atoms with Gasteiger partial charge in [-0.2, -0.15) is 0 Å². The lowest BCUT2D eigenvalue weighted by Crippen LogP contribution is -2.54. The molecule has 0 spiro atoms. The van der Waals surface area contributed by atoms with Crippen molar-refractivity contribution >= 4 is 23.9 Å². The molecule has 1 saturated heterocycles. The van der Waals surface area contributed by atoms with Crippen LogP contribution in [0, 0.1) is 11.8 Å². The summed E-state index contributed by atoms with van der Waals surface area (Å²) in [6, 6.07) is -1.24. The van der Waals surface area contributed by atoms with E-state index in [4.69, 9.17) is 14.2 Å². The summed E-state index contributed by atoms with van der Waals surface area (Å²) in [5.74, 6) is -5.85. The van der Waals surface area contributed by atoms with Gasteiger partial charge in [-0.05, 0) is 13.8 Å². The molecule has 4 atom stereocenters. The van der Waals surface area contributed by atoms with Crippen molar-refractivity contribution in [3.63, 3.8) is 0 Å². The Morgan fingerprint density at radius 1 is 0.957 bits per heavy atom. The fourth-order valence-electron chi connectivity index (χ4n) is 2.81. The molecule has 0 aliphatic carbocycles. The van der Waals surface area contributed by atoms with E-state index in [1.165, 1.54) is 6.92 Å². The first-order chi connectivity index (χ1) is 10.8. The average molecular weight is 331 g/mol. The van der Waals surface area contributed by atoms with Gasteiger partial charge in [0.05, 0.1) is 33.9 Å². The third kappa shape index (κ3) is 3.29. The molecule has 0 saturated carbocycles. The second-order valence-corrected chi connectivity index (χ2v) is 5.12. The minimum absolute atomic E-state index is 0.0722. The number of esters is 4. The van der Waals surface area contributed by atoms with Crippen LogP contribution in [0.25, 0.3) is 0 Å². The number of carbonyl (C=O) groups excluding carboxylic acids is 4. The normalized spacial score (nSPS) is 29.5. The highest BCUT2D eigenvalue weighted by molar-refractivity contribution is 5.97. The van der Waals surface area contributed by atoms with Crippen molar-refractivity contribution in [2.24, 2.45) is 11.8 Å². The van der Waals surface area contributed by atoms with Crippen LogP contribution in [0.3, 0.4) is 0 Å².